The first kappa shape index (κ1) is 32.3. The van der Waals surface area contributed by atoms with Crippen molar-refractivity contribution < 1.29 is 29.0 Å². The van der Waals surface area contributed by atoms with Gasteiger partial charge in [-0.1, -0.05) is 64.4 Å². The van der Waals surface area contributed by atoms with E-state index in [1.165, 1.54) is 7.11 Å². The van der Waals surface area contributed by atoms with Crippen LogP contribution in [0.1, 0.15) is 65.9 Å². The number of carbonyl (C=O) groups excluding carboxylic acids is 3. The molecule has 2 rings (SSSR count). The van der Waals surface area contributed by atoms with Gasteiger partial charge in [0.25, 0.3) is 0 Å². The minimum Gasteiger partial charge on any atom is -0.480 e. The molecule has 218 valence electrons. The summed E-state index contributed by atoms with van der Waals surface area (Å²) in [6, 6.07) is 7.74. The van der Waals surface area contributed by atoms with E-state index in [1.54, 1.807) is 25.8 Å². The van der Waals surface area contributed by atoms with Gasteiger partial charge in [-0.2, -0.15) is 0 Å². The Bertz CT molecular complexity index is 971. The highest BCUT2D eigenvalue weighted by Gasteiger charge is 2.41. The number of aliphatic carboxylic acids is 1. The third-order valence-electron chi connectivity index (χ3n) is 8.33. The largest absolute Gasteiger partial charge is 0.480 e. The molecule has 7 atom stereocenters. The maximum absolute atomic E-state index is 13.5. The van der Waals surface area contributed by atoms with Gasteiger partial charge in [-0.25, -0.2) is 4.79 Å². The number of nitrogens with one attached hydrogen (secondary N) is 1. The second kappa shape index (κ2) is 15.0. The van der Waals surface area contributed by atoms with Crippen LogP contribution in [0.25, 0.3) is 0 Å². The van der Waals surface area contributed by atoms with Gasteiger partial charge in [0.15, 0.2) is 0 Å². The first-order valence-electron chi connectivity index (χ1n) is 14.1. The number of carboxylic acids is 1. The molecule has 3 amide bonds. The molecule has 0 spiro atoms. The summed E-state index contributed by atoms with van der Waals surface area (Å²) in [6.07, 6.45) is 2.27. The fraction of sp³-hybridized carbons (Fsp3) is 0.667. The first-order chi connectivity index (χ1) is 18.4. The minimum atomic E-state index is -1.11. The van der Waals surface area contributed by atoms with Crippen molar-refractivity contribution in [2.24, 2.45) is 17.8 Å². The second-order valence-corrected chi connectivity index (χ2v) is 11.1. The number of benzene rings is 1. The Morgan fingerprint density at radius 1 is 1.13 bits per heavy atom. The van der Waals surface area contributed by atoms with E-state index < -0.39 is 29.9 Å². The quantitative estimate of drug-likeness (QED) is 0.370. The lowest BCUT2D eigenvalue weighted by molar-refractivity contribution is -0.145. The number of rotatable bonds is 14. The van der Waals surface area contributed by atoms with Gasteiger partial charge in [0.1, 0.15) is 6.04 Å². The SMILES string of the molecule is CC[C@H](C)[C@@H]([C@H](C)CC(=O)N1CCC[C@H]1[C@H](OC)[C@@H](C)C(=O)N[C@@H](Cc1ccccc1)C(=O)O)N(C)C(C)=O. The number of hydrogen-bond acceptors (Lipinski definition) is 5. The van der Waals surface area contributed by atoms with Crippen LogP contribution in [0.4, 0.5) is 0 Å². The Morgan fingerprint density at radius 3 is 2.31 bits per heavy atom. The minimum absolute atomic E-state index is 0.0163. The molecule has 0 saturated carbocycles. The molecule has 1 saturated heterocycles. The molecule has 1 aliphatic heterocycles. The molecule has 1 aliphatic rings. The molecule has 1 aromatic rings. The number of likely N-dealkylation sites (tertiary alicyclic amines) is 1. The summed E-state index contributed by atoms with van der Waals surface area (Å²) >= 11 is 0. The lowest BCUT2D eigenvalue weighted by atomic mass is 9.85. The van der Waals surface area contributed by atoms with Crippen molar-refractivity contribution in [3.05, 3.63) is 35.9 Å². The van der Waals surface area contributed by atoms with Crippen molar-refractivity contribution in [1.82, 2.24) is 15.1 Å². The van der Waals surface area contributed by atoms with Crippen LogP contribution in [0, 0.1) is 17.8 Å². The summed E-state index contributed by atoms with van der Waals surface area (Å²) in [6.45, 7) is 10.0. The lowest BCUT2D eigenvalue weighted by Gasteiger charge is -2.38. The lowest BCUT2D eigenvalue weighted by Crippen LogP contribution is -2.53. The predicted molar refractivity (Wildman–Crippen MR) is 150 cm³/mol. The van der Waals surface area contributed by atoms with E-state index in [2.05, 4.69) is 19.2 Å². The number of nitrogens with zero attached hydrogens (tertiary/aromatic N) is 2. The third kappa shape index (κ3) is 8.52. The number of amides is 3. The van der Waals surface area contributed by atoms with Crippen LogP contribution in [0.2, 0.25) is 0 Å². The van der Waals surface area contributed by atoms with E-state index in [0.717, 1.165) is 18.4 Å². The molecule has 1 aromatic carbocycles. The Kier molecular flexibility index (Phi) is 12.4. The van der Waals surface area contributed by atoms with Crippen LogP contribution in [0.3, 0.4) is 0 Å². The van der Waals surface area contributed by atoms with E-state index in [-0.39, 0.29) is 48.6 Å². The number of carboxylic acid groups (broad SMARTS) is 1. The summed E-state index contributed by atoms with van der Waals surface area (Å²) in [5.41, 5.74) is 0.814. The molecule has 0 unspecified atom stereocenters. The Labute approximate surface area is 233 Å². The van der Waals surface area contributed by atoms with Gasteiger partial charge in [0.05, 0.1) is 18.1 Å². The van der Waals surface area contributed by atoms with E-state index >= 15 is 0 Å². The highest BCUT2D eigenvalue weighted by molar-refractivity contribution is 5.85. The van der Waals surface area contributed by atoms with Crippen LogP contribution in [0.5, 0.6) is 0 Å². The Balaban J connectivity index is 2.12. The highest BCUT2D eigenvalue weighted by atomic mass is 16.5. The van der Waals surface area contributed by atoms with Gasteiger partial charge < -0.3 is 25.0 Å². The average Bonchev–Trinajstić information content (AvgIpc) is 3.38. The number of hydrogen-bond donors (Lipinski definition) is 2. The molecule has 2 N–H and O–H groups in total. The molecular weight excluding hydrogens is 498 g/mol. The highest BCUT2D eigenvalue weighted by Crippen LogP contribution is 2.30. The van der Waals surface area contributed by atoms with Crippen LogP contribution >= 0.6 is 0 Å². The molecule has 9 heteroatoms. The fourth-order valence-corrected chi connectivity index (χ4v) is 5.93. The number of carbonyl (C=O) groups is 4. The standard InChI is InChI=1S/C30H47N3O6/c1-8-19(2)27(32(6)22(5)34)20(3)17-26(35)33-16-12-15-25(33)28(39-7)21(4)29(36)31-24(30(37)38)18-23-13-10-9-11-14-23/h9-11,13-14,19-21,24-25,27-28H,8,12,15-18H2,1-7H3,(H,31,36)(H,37,38)/t19-,20+,21+,24-,25-,27-,28+/m0/s1. The van der Waals surface area contributed by atoms with Gasteiger partial charge in [-0.3, -0.25) is 14.4 Å². The van der Waals surface area contributed by atoms with Crippen molar-refractivity contribution in [3.8, 4) is 0 Å². The van der Waals surface area contributed by atoms with Gasteiger partial charge in [0.2, 0.25) is 17.7 Å². The third-order valence-corrected chi connectivity index (χ3v) is 8.33. The smallest absolute Gasteiger partial charge is 0.326 e. The maximum Gasteiger partial charge on any atom is 0.326 e. The molecule has 0 radical (unpaired) electrons. The van der Waals surface area contributed by atoms with Gasteiger partial charge in [0, 0.05) is 46.5 Å². The van der Waals surface area contributed by atoms with E-state index in [1.807, 2.05) is 42.2 Å². The zero-order valence-corrected chi connectivity index (χ0v) is 24.6. The fourth-order valence-electron chi connectivity index (χ4n) is 5.93. The molecule has 0 aromatic heterocycles. The van der Waals surface area contributed by atoms with Crippen molar-refractivity contribution in [3.63, 3.8) is 0 Å². The normalized spacial score (nSPS) is 19.9. The predicted octanol–water partition coefficient (Wildman–Crippen LogP) is 3.36. The van der Waals surface area contributed by atoms with E-state index in [4.69, 9.17) is 4.74 Å². The van der Waals surface area contributed by atoms with E-state index in [9.17, 15) is 24.3 Å². The Morgan fingerprint density at radius 2 is 1.77 bits per heavy atom. The van der Waals surface area contributed by atoms with Crippen molar-refractivity contribution >= 4 is 23.7 Å². The summed E-state index contributed by atoms with van der Waals surface area (Å²) in [4.78, 5) is 54.3. The zero-order valence-electron chi connectivity index (χ0n) is 24.6. The van der Waals surface area contributed by atoms with Crippen LogP contribution in [-0.2, 0) is 30.3 Å². The number of methoxy groups -OCH3 is 1. The number of ether oxygens (including phenoxy) is 1. The molecule has 0 aliphatic carbocycles. The summed E-state index contributed by atoms with van der Waals surface area (Å²) in [5.74, 6) is -2.03. The summed E-state index contributed by atoms with van der Waals surface area (Å²) in [5, 5.41) is 12.4. The van der Waals surface area contributed by atoms with E-state index in [0.29, 0.717) is 13.0 Å². The molecule has 1 fully saturated rings. The van der Waals surface area contributed by atoms with Crippen molar-refractivity contribution in [1.29, 1.82) is 0 Å². The monoisotopic (exact) mass is 545 g/mol. The maximum atomic E-state index is 13.5. The Hall–Kier alpha value is -2.94. The average molecular weight is 546 g/mol. The van der Waals surface area contributed by atoms with Crippen molar-refractivity contribution in [2.45, 2.75) is 91.0 Å². The topological polar surface area (TPSA) is 116 Å². The van der Waals surface area contributed by atoms with Crippen molar-refractivity contribution in [2.75, 3.05) is 20.7 Å². The second-order valence-electron chi connectivity index (χ2n) is 11.1. The molecule has 39 heavy (non-hydrogen) atoms. The molecule has 1 heterocycles. The van der Waals surface area contributed by atoms with Crippen LogP contribution in [0.15, 0.2) is 30.3 Å². The van der Waals surface area contributed by atoms with Crippen LogP contribution in [-0.4, -0.2) is 83.5 Å². The zero-order chi connectivity index (χ0) is 29.3. The van der Waals surface area contributed by atoms with Gasteiger partial charge in [-0.05, 0) is 30.2 Å². The first-order valence-corrected chi connectivity index (χ1v) is 14.1. The van der Waals surface area contributed by atoms with Gasteiger partial charge in [-0.15, -0.1) is 0 Å². The summed E-state index contributed by atoms with van der Waals surface area (Å²) < 4.78 is 5.78. The van der Waals surface area contributed by atoms with Gasteiger partial charge >= 0.3 is 5.97 Å². The molecule has 0 bridgehead atoms. The molecule has 9 nitrogen and oxygen atoms in total. The van der Waals surface area contributed by atoms with Crippen LogP contribution < -0.4 is 5.32 Å². The summed E-state index contributed by atoms with van der Waals surface area (Å²) in [7, 11) is 3.32. The molecular formula is C30H47N3O6.